The van der Waals surface area contributed by atoms with E-state index in [0.29, 0.717) is 9.13 Å². The van der Waals surface area contributed by atoms with E-state index in [1.165, 1.54) is 18.2 Å². The van der Waals surface area contributed by atoms with Crippen LogP contribution in [0.2, 0.25) is 0 Å². The normalized spacial score (nSPS) is 10.2. The van der Waals surface area contributed by atoms with Gasteiger partial charge in [-0.1, -0.05) is 17.7 Å². The lowest BCUT2D eigenvalue weighted by Crippen LogP contribution is -2.13. The van der Waals surface area contributed by atoms with Crippen LogP contribution in [0.1, 0.15) is 15.9 Å². The molecule has 92 valence electrons. The summed E-state index contributed by atoms with van der Waals surface area (Å²) < 4.78 is 13.5. The highest BCUT2D eigenvalue weighted by Crippen LogP contribution is 2.16. The van der Waals surface area contributed by atoms with E-state index in [1.54, 1.807) is 0 Å². The standard InChI is InChI=1S/C14H11FINO/c1-9-2-5-11(6-3-9)17-14(18)12-7-4-10(15)8-13(12)16/h2-8H,1H3,(H,17,18). The van der Waals surface area contributed by atoms with Crippen molar-refractivity contribution >= 4 is 34.2 Å². The molecule has 0 spiro atoms. The van der Waals surface area contributed by atoms with Gasteiger partial charge in [-0.25, -0.2) is 4.39 Å². The molecule has 0 unspecified atom stereocenters. The molecule has 0 saturated carbocycles. The summed E-state index contributed by atoms with van der Waals surface area (Å²) in [6.45, 7) is 1.98. The summed E-state index contributed by atoms with van der Waals surface area (Å²) in [4.78, 5) is 12.0. The first kappa shape index (κ1) is 13.0. The summed E-state index contributed by atoms with van der Waals surface area (Å²) in [6.07, 6.45) is 0. The van der Waals surface area contributed by atoms with Crippen molar-refractivity contribution in [2.24, 2.45) is 0 Å². The second kappa shape index (κ2) is 5.48. The van der Waals surface area contributed by atoms with Gasteiger partial charge in [-0.2, -0.15) is 0 Å². The van der Waals surface area contributed by atoms with Crippen molar-refractivity contribution in [2.75, 3.05) is 5.32 Å². The topological polar surface area (TPSA) is 29.1 Å². The molecule has 4 heteroatoms. The number of benzene rings is 2. The van der Waals surface area contributed by atoms with E-state index >= 15 is 0 Å². The molecule has 2 nitrogen and oxygen atoms in total. The molecule has 0 radical (unpaired) electrons. The Bertz CT molecular complexity index is 581. The van der Waals surface area contributed by atoms with Gasteiger partial charge in [0.05, 0.1) is 5.56 Å². The monoisotopic (exact) mass is 355 g/mol. The number of halogens is 2. The summed E-state index contributed by atoms with van der Waals surface area (Å²) in [5.74, 6) is -0.575. The first-order valence-electron chi connectivity index (χ1n) is 5.39. The van der Waals surface area contributed by atoms with Gasteiger partial charge in [-0.15, -0.1) is 0 Å². The number of rotatable bonds is 2. The SMILES string of the molecule is Cc1ccc(NC(=O)c2ccc(F)cc2I)cc1. The van der Waals surface area contributed by atoms with Crippen molar-refractivity contribution in [2.45, 2.75) is 6.92 Å². The molecular formula is C14H11FINO. The number of carbonyl (C=O) groups excluding carboxylic acids is 1. The first-order chi connectivity index (χ1) is 8.56. The number of anilines is 1. The minimum atomic E-state index is -0.341. The molecule has 18 heavy (non-hydrogen) atoms. The number of carbonyl (C=O) groups is 1. The van der Waals surface area contributed by atoms with E-state index in [9.17, 15) is 9.18 Å². The van der Waals surface area contributed by atoms with Crippen LogP contribution < -0.4 is 5.32 Å². The van der Waals surface area contributed by atoms with Crippen LogP contribution in [0, 0.1) is 16.3 Å². The maximum absolute atomic E-state index is 12.9. The molecule has 0 aliphatic carbocycles. The molecule has 0 saturated heterocycles. The molecule has 0 fully saturated rings. The predicted octanol–water partition coefficient (Wildman–Crippen LogP) is 3.99. The number of hydrogen-bond donors (Lipinski definition) is 1. The van der Waals surface area contributed by atoms with Gasteiger partial charge in [-0.05, 0) is 59.8 Å². The molecule has 2 aromatic rings. The van der Waals surface area contributed by atoms with Gasteiger partial charge in [0.25, 0.3) is 5.91 Å². The Hall–Kier alpha value is -1.43. The highest BCUT2D eigenvalue weighted by Gasteiger charge is 2.10. The maximum Gasteiger partial charge on any atom is 0.256 e. The molecule has 0 aliphatic heterocycles. The zero-order valence-electron chi connectivity index (χ0n) is 9.71. The van der Waals surface area contributed by atoms with Crippen molar-refractivity contribution < 1.29 is 9.18 Å². The van der Waals surface area contributed by atoms with Crippen LogP contribution in [0.4, 0.5) is 10.1 Å². The van der Waals surface area contributed by atoms with E-state index in [0.717, 1.165) is 11.3 Å². The molecule has 2 rings (SSSR count). The minimum Gasteiger partial charge on any atom is -0.322 e. The summed E-state index contributed by atoms with van der Waals surface area (Å²) in [6, 6.07) is 11.6. The Morgan fingerprint density at radius 2 is 1.83 bits per heavy atom. The highest BCUT2D eigenvalue weighted by atomic mass is 127. The second-order valence-electron chi connectivity index (χ2n) is 3.94. The molecule has 2 aromatic carbocycles. The van der Waals surface area contributed by atoms with Gasteiger partial charge in [-0.3, -0.25) is 4.79 Å². The quantitative estimate of drug-likeness (QED) is 0.811. The van der Waals surface area contributed by atoms with Crippen molar-refractivity contribution in [1.82, 2.24) is 0 Å². The fourth-order valence-electron chi connectivity index (χ4n) is 1.51. The van der Waals surface area contributed by atoms with Crippen molar-refractivity contribution in [3.05, 3.63) is 63.0 Å². The van der Waals surface area contributed by atoms with Crippen LogP contribution in [-0.4, -0.2) is 5.91 Å². The van der Waals surface area contributed by atoms with E-state index in [1.807, 2.05) is 53.8 Å². The fraction of sp³-hybridized carbons (Fsp3) is 0.0714. The second-order valence-corrected chi connectivity index (χ2v) is 5.11. The van der Waals surface area contributed by atoms with Crippen molar-refractivity contribution in [3.8, 4) is 0 Å². The van der Waals surface area contributed by atoms with Gasteiger partial charge >= 0.3 is 0 Å². The third-order valence-corrected chi connectivity index (χ3v) is 3.38. The van der Waals surface area contributed by atoms with Gasteiger partial charge in [0.2, 0.25) is 0 Å². The van der Waals surface area contributed by atoms with Crippen LogP contribution in [0.5, 0.6) is 0 Å². The molecule has 0 bridgehead atoms. The van der Waals surface area contributed by atoms with Crippen molar-refractivity contribution in [3.63, 3.8) is 0 Å². The molecule has 0 atom stereocenters. The summed E-state index contributed by atoms with van der Waals surface area (Å²) in [7, 11) is 0. The van der Waals surface area contributed by atoms with Crippen LogP contribution in [0.25, 0.3) is 0 Å². The zero-order chi connectivity index (χ0) is 13.1. The lowest BCUT2D eigenvalue weighted by Gasteiger charge is -2.07. The minimum absolute atomic E-state index is 0.233. The lowest BCUT2D eigenvalue weighted by atomic mass is 10.2. The number of hydrogen-bond acceptors (Lipinski definition) is 1. The molecule has 1 amide bonds. The van der Waals surface area contributed by atoms with Gasteiger partial charge in [0.1, 0.15) is 5.82 Å². The molecule has 1 N–H and O–H groups in total. The fourth-order valence-corrected chi connectivity index (χ4v) is 2.23. The molecular weight excluding hydrogens is 344 g/mol. The van der Waals surface area contributed by atoms with E-state index in [2.05, 4.69) is 5.32 Å². The van der Waals surface area contributed by atoms with Crippen LogP contribution >= 0.6 is 22.6 Å². The Kier molecular flexibility index (Phi) is 3.96. The highest BCUT2D eigenvalue weighted by molar-refractivity contribution is 14.1. The number of aryl methyl sites for hydroxylation is 1. The van der Waals surface area contributed by atoms with Crippen LogP contribution in [-0.2, 0) is 0 Å². The van der Waals surface area contributed by atoms with E-state index < -0.39 is 0 Å². The third-order valence-electron chi connectivity index (χ3n) is 2.49. The maximum atomic E-state index is 12.9. The Labute approximate surface area is 118 Å². The number of nitrogens with one attached hydrogen (secondary N) is 1. The smallest absolute Gasteiger partial charge is 0.256 e. The van der Waals surface area contributed by atoms with Gasteiger partial charge in [0, 0.05) is 9.26 Å². The van der Waals surface area contributed by atoms with Crippen molar-refractivity contribution in [1.29, 1.82) is 0 Å². The summed E-state index contributed by atoms with van der Waals surface area (Å²) in [5, 5.41) is 2.78. The Balaban J connectivity index is 2.19. The largest absolute Gasteiger partial charge is 0.322 e. The van der Waals surface area contributed by atoms with E-state index in [-0.39, 0.29) is 11.7 Å². The van der Waals surface area contributed by atoms with Gasteiger partial charge in [0.15, 0.2) is 0 Å². The Morgan fingerprint density at radius 3 is 2.44 bits per heavy atom. The molecule has 0 aromatic heterocycles. The van der Waals surface area contributed by atoms with E-state index in [4.69, 9.17) is 0 Å². The third kappa shape index (κ3) is 3.07. The average molecular weight is 355 g/mol. The first-order valence-corrected chi connectivity index (χ1v) is 6.47. The number of amides is 1. The lowest BCUT2D eigenvalue weighted by molar-refractivity contribution is 0.102. The van der Waals surface area contributed by atoms with Crippen LogP contribution in [0.3, 0.4) is 0 Å². The van der Waals surface area contributed by atoms with Crippen LogP contribution in [0.15, 0.2) is 42.5 Å². The van der Waals surface area contributed by atoms with Gasteiger partial charge < -0.3 is 5.32 Å². The Morgan fingerprint density at radius 1 is 1.17 bits per heavy atom. The summed E-state index contributed by atoms with van der Waals surface area (Å²) >= 11 is 1.95. The predicted molar refractivity (Wildman–Crippen MR) is 78.2 cm³/mol. The molecule has 0 aliphatic rings. The zero-order valence-corrected chi connectivity index (χ0v) is 11.9. The summed E-state index contributed by atoms with van der Waals surface area (Å²) in [5.41, 5.74) is 2.33. The molecule has 0 heterocycles. The average Bonchev–Trinajstić information content (AvgIpc) is 2.32.